The van der Waals surface area contributed by atoms with E-state index in [0.29, 0.717) is 16.3 Å². The van der Waals surface area contributed by atoms with Crippen molar-refractivity contribution in [3.8, 4) is 0 Å². The molecule has 0 radical (unpaired) electrons. The standard InChI is InChI=1S/C16H13ClFNO3/c17-9-2-4-11(14(20)6-9)15-12-5-8(16(21)22)1-3-10(12)13(18)7-19-15/h1-5,7,10,12,14,20H,6H2,(H,21,22). The molecule has 2 aliphatic carbocycles. The molecule has 3 atom stereocenters. The number of carbonyl (C=O) groups is 1. The van der Waals surface area contributed by atoms with Gasteiger partial charge in [0.1, 0.15) is 5.83 Å². The third kappa shape index (κ3) is 2.58. The highest BCUT2D eigenvalue weighted by molar-refractivity contribution is 6.30. The lowest BCUT2D eigenvalue weighted by Crippen LogP contribution is -2.32. The van der Waals surface area contributed by atoms with Crippen molar-refractivity contribution < 1.29 is 19.4 Å². The van der Waals surface area contributed by atoms with Gasteiger partial charge in [0.2, 0.25) is 0 Å². The minimum atomic E-state index is -1.08. The molecule has 22 heavy (non-hydrogen) atoms. The Morgan fingerprint density at radius 1 is 1.36 bits per heavy atom. The maximum Gasteiger partial charge on any atom is 0.335 e. The summed E-state index contributed by atoms with van der Waals surface area (Å²) < 4.78 is 14.0. The van der Waals surface area contributed by atoms with Crippen LogP contribution in [-0.4, -0.2) is 28.0 Å². The largest absolute Gasteiger partial charge is 0.478 e. The third-order valence-electron chi connectivity index (χ3n) is 3.92. The molecule has 0 fully saturated rings. The summed E-state index contributed by atoms with van der Waals surface area (Å²) in [6.45, 7) is 0. The molecule has 3 rings (SSSR count). The molecule has 0 aromatic rings. The Labute approximate surface area is 131 Å². The van der Waals surface area contributed by atoms with Crippen LogP contribution in [0.5, 0.6) is 0 Å². The first kappa shape index (κ1) is 14.9. The number of hydrogen-bond acceptors (Lipinski definition) is 3. The van der Waals surface area contributed by atoms with Gasteiger partial charge in [-0.25, -0.2) is 9.18 Å². The molecule has 114 valence electrons. The summed E-state index contributed by atoms with van der Waals surface area (Å²) in [4.78, 5) is 15.2. The summed E-state index contributed by atoms with van der Waals surface area (Å²) in [6, 6.07) is 0. The molecular formula is C16H13ClFNO3. The number of allylic oxidation sites excluding steroid dienone is 5. The number of aliphatic imine (C=N–C) groups is 1. The van der Waals surface area contributed by atoms with E-state index in [-0.39, 0.29) is 12.0 Å². The first-order valence-corrected chi connectivity index (χ1v) is 7.16. The number of halogens is 2. The number of carboxylic acids is 1. The van der Waals surface area contributed by atoms with Crippen LogP contribution in [0.2, 0.25) is 0 Å². The lowest BCUT2D eigenvalue weighted by Gasteiger charge is -2.31. The van der Waals surface area contributed by atoms with Gasteiger partial charge in [-0.15, -0.1) is 0 Å². The maximum absolute atomic E-state index is 14.0. The van der Waals surface area contributed by atoms with E-state index in [2.05, 4.69) is 4.99 Å². The molecule has 2 N–H and O–H groups in total. The monoisotopic (exact) mass is 321 g/mol. The smallest absolute Gasteiger partial charge is 0.335 e. The number of carboxylic acid groups (broad SMARTS) is 1. The molecule has 0 saturated heterocycles. The summed E-state index contributed by atoms with van der Waals surface area (Å²) in [5.74, 6) is -2.65. The van der Waals surface area contributed by atoms with Gasteiger partial charge in [-0.1, -0.05) is 35.9 Å². The zero-order valence-electron chi connectivity index (χ0n) is 11.4. The molecule has 3 aliphatic rings. The van der Waals surface area contributed by atoms with Gasteiger partial charge in [0.15, 0.2) is 0 Å². The number of fused-ring (bicyclic) bond motifs is 1. The highest BCUT2D eigenvalue weighted by Crippen LogP contribution is 2.37. The third-order valence-corrected chi connectivity index (χ3v) is 4.20. The number of rotatable bonds is 2. The highest BCUT2D eigenvalue weighted by Gasteiger charge is 2.36. The molecule has 6 heteroatoms. The van der Waals surface area contributed by atoms with Crippen molar-refractivity contribution in [1.82, 2.24) is 0 Å². The van der Waals surface area contributed by atoms with Crippen molar-refractivity contribution >= 4 is 23.3 Å². The SMILES string of the molecule is O=C(O)C1=CC2C(C3=CC=C(Cl)CC3O)=NC=C(F)C2C=C1. The van der Waals surface area contributed by atoms with Crippen LogP contribution in [-0.2, 0) is 4.79 Å². The molecule has 0 aromatic carbocycles. The fourth-order valence-corrected chi connectivity index (χ4v) is 3.02. The van der Waals surface area contributed by atoms with Gasteiger partial charge in [0.05, 0.1) is 23.6 Å². The van der Waals surface area contributed by atoms with Crippen LogP contribution < -0.4 is 0 Å². The zero-order valence-corrected chi connectivity index (χ0v) is 12.2. The van der Waals surface area contributed by atoms with Gasteiger partial charge >= 0.3 is 5.97 Å². The van der Waals surface area contributed by atoms with Crippen molar-refractivity contribution in [3.63, 3.8) is 0 Å². The first-order chi connectivity index (χ1) is 10.5. The topological polar surface area (TPSA) is 69.9 Å². The quantitative estimate of drug-likeness (QED) is 0.821. The number of hydrogen-bond donors (Lipinski definition) is 2. The van der Waals surface area contributed by atoms with Gasteiger partial charge in [-0.3, -0.25) is 4.99 Å². The summed E-state index contributed by atoms with van der Waals surface area (Å²) in [7, 11) is 0. The van der Waals surface area contributed by atoms with E-state index in [1.807, 2.05) is 0 Å². The van der Waals surface area contributed by atoms with Gasteiger partial charge in [0.25, 0.3) is 0 Å². The maximum atomic E-state index is 14.0. The molecule has 1 aliphatic heterocycles. The van der Waals surface area contributed by atoms with Crippen molar-refractivity contribution in [2.24, 2.45) is 16.8 Å². The van der Waals surface area contributed by atoms with E-state index in [9.17, 15) is 14.3 Å². The van der Waals surface area contributed by atoms with Crippen molar-refractivity contribution in [1.29, 1.82) is 0 Å². The van der Waals surface area contributed by atoms with Crippen LogP contribution in [0.3, 0.4) is 0 Å². The summed E-state index contributed by atoms with van der Waals surface area (Å²) in [5, 5.41) is 19.8. The Balaban J connectivity index is 2.04. The lowest BCUT2D eigenvalue weighted by molar-refractivity contribution is -0.132. The number of aliphatic carboxylic acids is 1. The molecule has 0 amide bonds. The van der Waals surface area contributed by atoms with E-state index < -0.39 is 29.7 Å². The second kappa shape index (κ2) is 5.66. The highest BCUT2D eigenvalue weighted by atomic mass is 35.5. The molecule has 0 spiro atoms. The Morgan fingerprint density at radius 2 is 2.14 bits per heavy atom. The average molecular weight is 322 g/mol. The molecular weight excluding hydrogens is 309 g/mol. The first-order valence-electron chi connectivity index (χ1n) is 6.78. The van der Waals surface area contributed by atoms with Crippen LogP contribution in [0, 0.1) is 11.8 Å². The Morgan fingerprint density at radius 3 is 2.82 bits per heavy atom. The van der Waals surface area contributed by atoms with Crippen LogP contribution in [0.25, 0.3) is 0 Å². The molecule has 0 aromatic heterocycles. The van der Waals surface area contributed by atoms with Gasteiger partial charge in [-0.05, 0) is 6.08 Å². The zero-order chi connectivity index (χ0) is 15.9. The molecule has 0 bridgehead atoms. The fraction of sp³-hybridized carbons (Fsp3) is 0.250. The van der Waals surface area contributed by atoms with E-state index in [4.69, 9.17) is 16.7 Å². The Bertz CT molecular complexity index is 715. The molecule has 3 unspecified atom stereocenters. The predicted molar refractivity (Wildman–Crippen MR) is 81.1 cm³/mol. The Kier molecular flexibility index (Phi) is 3.85. The van der Waals surface area contributed by atoms with Crippen LogP contribution in [0.15, 0.2) is 63.6 Å². The van der Waals surface area contributed by atoms with Crippen molar-refractivity contribution in [2.75, 3.05) is 0 Å². The lowest BCUT2D eigenvalue weighted by atomic mass is 9.76. The second-order valence-corrected chi connectivity index (χ2v) is 5.81. The summed E-state index contributed by atoms with van der Waals surface area (Å²) >= 11 is 5.88. The summed E-state index contributed by atoms with van der Waals surface area (Å²) in [5.41, 5.74) is 1.10. The number of nitrogens with zero attached hydrogens (tertiary/aromatic N) is 1. The minimum Gasteiger partial charge on any atom is -0.478 e. The van der Waals surface area contributed by atoms with Gasteiger partial charge in [0, 0.05) is 28.9 Å². The number of aliphatic hydroxyl groups excluding tert-OH is 1. The van der Waals surface area contributed by atoms with Crippen molar-refractivity contribution in [2.45, 2.75) is 12.5 Å². The second-order valence-electron chi connectivity index (χ2n) is 5.32. The van der Waals surface area contributed by atoms with E-state index in [1.54, 1.807) is 12.2 Å². The van der Waals surface area contributed by atoms with Crippen LogP contribution in [0.1, 0.15) is 6.42 Å². The predicted octanol–water partition coefficient (Wildman–Crippen LogP) is 2.88. The summed E-state index contributed by atoms with van der Waals surface area (Å²) in [6.07, 6.45) is 8.25. The van der Waals surface area contributed by atoms with Crippen LogP contribution in [0.4, 0.5) is 4.39 Å². The number of aliphatic hydroxyl groups is 1. The van der Waals surface area contributed by atoms with E-state index in [1.165, 1.54) is 18.2 Å². The molecule has 0 saturated carbocycles. The van der Waals surface area contributed by atoms with E-state index >= 15 is 0 Å². The Hall–Kier alpha value is -1.98. The van der Waals surface area contributed by atoms with E-state index in [0.717, 1.165) is 6.20 Å². The molecule has 1 heterocycles. The minimum absolute atomic E-state index is 0.0862. The normalized spacial score (nSPS) is 30.5. The van der Waals surface area contributed by atoms with Crippen LogP contribution >= 0.6 is 11.6 Å². The fourth-order valence-electron chi connectivity index (χ4n) is 2.82. The van der Waals surface area contributed by atoms with Gasteiger partial charge < -0.3 is 10.2 Å². The average Bonchev–Trinajstić information content (AvgIpc) is 2.48. The van der Waals surface area contributed by atoms with Crippen molar-refractivity contribution in [3.05, 3.63) is 58.6 Å². The molecule has 4 nitrogen and oxygen atoms in total. The van der Waals surface area contributed by atoms with Gasteiger partial charge in [-0.2, -0.15) is 0 Å².